The van der Waals surface area contributed by atoms with E-state index < -0.39 is 0 Å². The van der Waals surface area contributed by atoms with Crippen molar-refractivity contribution in [2.75, 3.05) is 12.1 Å². The van der Waals surface area contributed by atoms with Gasteiger partial charge in [-0.05, 0) is 42.8 Å². The van der Waals surface area contributed by atoms with Crippen LogP contribution in [0.25, 0.3) is 10.9 Å². The van der Waals surface area contributed by atoms with Crippen LogP contribution in [-0.2, 0) is 6.42 Å². The number of nitrogens with zero attached hydrogens (tertiary/aromatic N) is 3. The van der Waals surface area contributed by atoms with Crippen LogP contribution in [0.1, 0.15) is 12.6 Å². The summed E-state index contributed by atoms with van der Waals surface area (Å²) in [5, 5.41) is 3.94. The maximum absolute atomic E-state index is 6.04. The van der Waals surface area contributed by atoms with Gasteiger partial charge in [0.2, 0.25) is 0 Å². The fourth-order valence-electron chi connectivity index (χ4n) is 2.48. The molecule has 2 aromatic heterocycles. The zero-order chi connectivity index (χ0) is 14.1. The molecule has 3 nitrogen and oxygen atoms in total. The van der Waals surface area contributed by atoms with Crippen LogP contribution in [0.3, 0.4) is 0 Å². The van der Waals surface area contributed by atoms with E-state index in [2.05, 4.69) is 47.0 Å². The lowest BCUT2D eigenvalue weighted by atomic mass is 10.2. The number of fused-ring (bicyclic) bond motifs is 1. The highest BCUT2D eigenvalue weighted by Gasteiger charge is 2.10. The van der Waals surface area contributed by atoms with Gasteiger partial charge in [0.05, 0.1) is 11.2 Å². The molecule has 102 valence electrons. The molecular formula is C16H16ClN3. The first-order valence-corrected chi connectivity index (χ1v) is 7.03. The zero-order valence-corrected chi connectivity index (χ0v) is 12.3. The van der Waals surface area contributed by atoms with E-state index in [9.17, 15) is 0 Å². The summed E-state index contributed by atoms with van der Waals surface area (Å²) in [7, 11) is 2.06. The van der Waals surface area contributed by atoms with Crippen molar-refractivity contribution < 1.29 is 0 Å². The third kappa shape index (κ3) is 2.14. The van der Waals surface area contributed by atoms with Crippen molar-refractivity contribution in [1.82, 2.24) is 9.66 Å². The van der Waals surface area contributed by atoms with E-state index in [4.69, 9.17) is 11.6 Å². The number of aryl methyl sites for hydroxylation is 1. The molecular weight excluding hydrogens is 270 g/mol. The third-order valence-corrected chi connectivity index (χ3v) is 3.76. The minimum atomic E-state index is 0.708. The number of anilines is 1. The topological polar surface area (TPSA) is 21.1 Å². The molecule has 0 bridgehead atoms. The molecule has 0 N–H and O–H groups in total. The molecule has 0 atom stereocenters. The highest BCUT2D eigenvalue weighted by atomic mass is 35.5. The second-order valence-corrected chi connectivity index (χ2v) is 5.15. The third-order valence-electron chi connectivity index (χ3n) is 3.53. The van der Waals surface area contributed by atoms with E-state index in [1.807, 2.05) is 30.5 Å². The van der Waals surface area contributed by atoms with Crippen LogP contribution >= 0.6 is 11.6 Å². The second kappa shape index (κ2) is 5.17. The van der Waals surface area contributed by atoms with E-state index in [0.29, 0.717) is 5.02 Å². The van der Waals surface area contributed by atoms with E-state index in [-0.39, 0.29) is 0 Å². The molecule has 1 aromatic carbocycles. The lowest BCUT2D eigenvalue weighted by Crippen LogP contribution is -2.25. The Kier molecular flexibility index (Phi) is 3.36. The highest BCUT2D eigenvalue weighted by molar-refractivity contribution is 6.31. The van der Waals surface area contributed by atoms with Gasteiger partial charge in [-0.25, -0.2) is 0 Å². The first-order valence-electron chi connectivity index (χ1n) is 6.65. The molecule has 0 aliphatic heterocycles. The molecule has 0 aliphatic rings. The summed E-state index contributed by atoms with van der Waals surface area (Å²) >= 11 is 6.04. The second-order valence-electron chi connectivity index (χ2n) is 4.71. The Labute approximate surface area is 123 Å². The molecule has 4 heteroatoms. The van der Waals surface area contributed by atoms with Crippen molar-refractivity contribution in [2.45, 2.75) is 13.3 Å². The van der Waals surface area contributed by atoms with Crippen molar-refractivity contribution >= 4 is 28.2 Å². The number of aromatic nitrogens is 2. The number of pyridine rings is 1. The molecule has 0 fully saturated rings. The molecule has 0 amide bonds. The molecule has 0 aliphatic carbocycles. The van der Waals surface area contributed by atoms with Gasteiger partial charge < -0.3 is 0 Å². The summed E-state index contributed by atoms with van der Waals surface area (Å²) in [6.45, 7) is 2.16. The number of benzene rings is 1. The van der Waals surface area contributed by atoms with Crippen molar-refractivity contribution in [1.29, 1.82) is 0 Å². The van der Waals surface area contributed by atoms with Gasteiger partial charge in [0, 0.05) is 35.5 Å². The lowest BCUT2D eigenvalue weighted by molar-refractivity contribution is 0.734. The first kappa shape index (κ1) is 13.0. The maximum atomic E-state index is 6.04. The Balaban J connectivity index is 2.14. The number of hydrogen-bond acceptors (Lipinski definition) is 2. The molecule has 0 saturated carbocycles. The smallest absolute Gasteiger partial charge is 0.0738 e. The minimum Gasteiger partial charge on any atom is -0.284 e. The first-order chi connectivity index (χ1) is 9.70. The summed E-state index contributed by atoms with van der Waals surface area (Å²) in [6, 6.07) is 12.0. The van der Waals surface area contributed by atoms with E-state index in [1.165, 1.54) is 5.69 Å². The van der Waals surface area contributed by atoms with Crippen molar-refractivity contribution in [3.05, 3.63) is 59.5 Å². The van der Waals surface area contributed by atoms with Crippen LogP contribution < -0.4 is 5.01 Å². The van der Waals surface area contributed by atoms with Crippen LogP contribution in [0.5, 0.6) is 0 Å². The molecule has 0 unspecified atom stereocenters. The van der Waals surface area contributed by atoms with Gasteiger partial charge in [-0.15, -0.1) is 0 Å². The summed E-state index contributed by atoms with van der Waals surface area (Å²) in [5.74, 6) is 0. The van der Waals surface area contributed by atoms with Gasteiger partial charge in [0.25, 0.3) is 0 Å². The van der Waals surface area contributed by atoms with Crippen molar-refractivity contribution in [2.24, 2.45) is 0 Å². The highest BCUT2D eigenvalue weighted by Crippen LogP contribution is 2.27. The largest absolute Gasteiger partial charge is 0.284 e. The predicted molar refractivity (Wildman–Crippen MR) is 84.4 cm³/mol. The summed E-state index contributed by atoms with van der Waals surface area (Å²) in [5.41, 5.74) is 3.29. The van der Waals surface area contributed by atoms with Crippen molar-refractivity contribution in [3.8, 4) is 0 Å². The summed E-state index contributed by atoms with van der Waals surface area (Å²) in [6.07, 6.45) is 4.88. The Hall–Kier alpha value is -2.00. The van der Waals surface area contributed by atoms with Gasteiger partial charge in [0.15, 0.2) is 0 Å². The fourth-order valence-corrected chi connectivity index (χ4v) is 2.65. The standard InChI is InChI=1S/C16H16ClN3/c1-3-13-5-4-10-20(13)19(2)16-8-9-18-15-11-12(17)6-7-14(15)16/h4-11H,3H2,1-2H3. The van der Waals surface area contributed by atoms with Crippen LogP contribution in [0.15, 0.2) is 48.8 Å². The molecule has 0 radical (unpaired) electrons. The summed E-state index contributed by atoms with van der Waals surface area (Å²) < 4.78 is 2.16. The fraction of sp³-hybridized carbons (Fsp3) is 0.188. The average molecular weight is 286 g/mol. The minimum absolute atomic E-state index is 0.708. The maximum Gasteiger partial charge on any atom is 0.0738 e. The molecule has 0 spiro atoms. The average Bonchev–Trinajstić information content (AvgIpc) is 2.94. The van der Waals surface area contributed by atoms with E-state index in [1.54, 1.807) is 0 Å². The zero-order valence-electron chi connectivity index (χ0n) is 11.5. The Morgan fingerprint density at radius 2 is 2.10 bits per heavy atom. The van der Waals surface area contributed by atoms with Gasteiger partial charge in [0.1, 0.15) is 0 Å². The van der Waals surface area contributed by atoms with Crippen LogP contribution in [0, 0.1) is 0 Å². The van der Waals surface area contributed by atoms with Gasteiger partial charge in [-0.2, -0.15) is 0 Å². The van der Waals surface area contributed by atoms with Gasteiger partial charge >= 0.3 is 0 Å². The van der Waals surface area contributed by atoms with Gasteiger partial charge in [-0.3, -0.25) is 14.7 Å². The number of halogens is 1. The Morgan fingerprint density at radius 3 is 2.90 bits per heavy atom. The molecule has 0 saturated heterocycles. The monoisotopic (exact) mass is 285 g/mol. The van der Waals surface area contributed by atoms with Crippen LogP contribution in [0.2, 0.25) is 5.02 Å². The molecule has 2 heterocycles. The molecule has 3 rings (SSSR count). The van der Waals surface area contributed by atoms with Crippen molar-refractivity contribution in [3.63, 3.8) is 0 Å². The van der Waals surface area contributed by atoms with Gasteiger partial charge in [-0.1, -0.05) is 18.5 Å². The SMILES string of the molecule is CCc1cccn1N(C)c1ccnc2cc(Cl)ccc12. The molecule has 20 heavy (non-hydrogen) atoms. The summed E-state index contributed by atoms with van der Waals surface area (Å²) in [4.78, 5) is 4.39. The normalized spacial score (nSPS) is 10.9. The quantitative estimate of drug-likeness (QED) is 0.721. The Morgan fingerprint density at radius 1 is 1.25 bits per heavy atom. The Bertz CT molecular complexity index is 748. The predicted octanol–water partition coefficient (Wildman–Crippen LogP) is 4.15. The molecule has 3 aromatic rings. The lowest BCUT2D eigenvalue weighted by Gasteiger charge is -2.24. The number of rotatable bonds is 3. The number of hydrogen-bond donors (Lipinski definition) is 0. The van der Waals surface area contributed by atoms with Crippen LogP contribution in [0.4, 0.5) is 5.69 Å². The van der Waals surface area contributed by atoms with E-state index in [0.717, 1.165) is 23.0 Å². The van der Waals surface area contributed by atoms with Crippen LogP contribution in [-0.4, -0.2) is 16.7 Å². The van der Waals surface area contributed by atoms with E-state index >= 15 is 0 Å².